The van der Waals surface area contributed by atoms with Crippen LogP contribution in [0.15, 0.2) is 42.6 Å². The molecular formula is C16H18FN. The zero-order valence-electron chi connectivity index (χ0n) is 11.0. The van der Waals surface area contributed by atoms with Gasteiger partial charge >= 0.3 is 0 Å². The minimum atomic E-state index is -0.211. The predicted octanol–water partition coefficient (Wildman–Crippen LogP) is 4.65. The molecule has 0 saturated carbocycles. The molecule has 18 heavy (non-hydrogen) atoms. The predicted molar refractivity (Wildman–Crippen MR) is 72.9 cm³/mol. The van der Waals surface area contributed by atoms with Gasteiger partial charge in [0.25, 0.3) is 0 Å². The van der Waals surface area contributed by atoms with Crippen molar-refractivity contribution in [2.45, 2.75) is 26.7 Å². The van der Waals surface area contributed by atoms with Crippen molar-refractivity contribution in [2.75, 3.05) is 0 Å². The fourth-order valence-electron chi connectivity index (χ4n) is 1.83. The molecule has 2 rings (SSSR count). The highest BCUT2D eigenvalue weighted by Gasteiger charge is 2.11. The Morgan fingerprint density at radius 3 is 2.00 bits per heavy atom. The SMILES string of the molecule is CC(C)C(C)c1ccc(-c2ccc(F)cc2)cn1. The first-order valence-electron chi connectivity index (χ1n) is 6.30. The van der Waals surface area contributed by atoms with Gasteiger partial charge in [0.05, 0.1) is 0 Å². The minimum absolute atomic E-state index is 0.211. The zero-order valence-corrected chi connectivity index (χ0v) is 11.0. The maximum absolute atomic E-state index is 12.8. The Bertz CT molecular complexity index is 500. The topological polar surface area (TPSA) is 12.9 Å². The van der Waals surface area contributed by atoms with E-state index in [1.807, 2.05) is 6.20 Å². The van der Waals surface area contributed by atoms with Gasteiger partial charge in [0.2, 0.25) is 0 Å². The lowest BCUT2D eigenvalue weighted by Gasteiger charge is -2.15. The molecule has 0 spiro atoms. The number of halogens is 1. The lowest BCUT2D eigenvalue weighted by atomic mass is 9.93. The second kappa shape index (κ2) is 5.30. The van der Waals surface area contributed by atoms with E-state index in [-0.39, 0.29) is 5.82 Å². The van der Waals surface area contributed by atoms with Crippen molar-refractivity contribution in [1.82, 2.24) is 4.98 Å². The summed E-state index contributed by atoms with van der Waals surface area (Å²) in [6.07, 6.45) is 1.86. The van der Waals surface area contributed by atoms with Crippen molar-refractivity contribution in [1.29, 1.82) is 0 Å². The first kappa shape index (κ1) is 12.7. The molecule has 0 fully saturated rings. The Hall–Kier alpha value is -1.70. The molecule has 2 aromatic rings. The van der Waals surface area contributed by atoms with Gasteiger partial charge in [0, 0.05) is 23.4 Å². The number of rotatable bonds is 3. The molecule has 2 heteroatoms. The summed E-state index contributed by atoms with van der Waals surface area (Å²) >= 11 is 0. The van der Waals surface area contributed by atoms with E-state index in [9.17, 15) is 4.39 Å². The highest BCUT2D eigenvalue weighted by atomic mass is 19.1. The summed E-state index contributed by atoms with van der Waals surface area (Å²) in [5.41, 5.74) is 3.12. The van der Waals surface area contributed by atoms with E-state index in [4.69, 9.17) is 0 Å². The third kappa shape index (κ3) is 2.76. The Labute approximate surface area is 108 Å². The smallest absolute Gasteiger partial charge is 0.123 e. The molecule has 1 heterocycles. The average molecular weight is 243 g/mol. The van der Waals surface area contributed by atoms with Gasteiger partial charge in [-0.1, -0.05) is 39.0 Å². The van der Waals surface area contributed by atoms with E-state index < -0.39 is 0 Å². The second-order valence-electron chi connectivity index (χ2n) is 5.01. The van der Waals surface area contributed by atoms with Gasteiger partial charge in [0.1, 0.15) is 5.82 Å². The zero-order chi connectivity index (χ0) is 13.1. The van der Waals surface area contributed by atoms with Crippen molar-refractivity contribution in [3.8, 4) is 11.1 Å². The summed E-state index contributed by atoms with van der Waals surface area (Å²) in [4.78, 5) is 4.50. The first-order chi connectivity index (χ1) is 8.58. The maximum Gasteiger partial charge on any atom is 0.123 e. The quantitative estimate of drug-likeness (QED) is 0.764. The first-order valence-corrected chi connectivity index (χ1v) is 6.30. The van der Waals surface area contributed by atoms with Gasteiger partial charge in [-0.2, -0.15) is 0 Å². The van der Waals surface area contributed by atoms with Crippen LogP contribution in [0, 0.1) is 11.7 Å². The molecule has 0 aliphatic carbocycles. The molecular weight excluding hydrogens is 225 g/mol. The van der Waals surface area contributed by atoms with Gasteiger partial charge in [-0.25, -0.2) is 4.39 Å². The number of hydrogen-bond donors (Lipinski definition) is 0. The molecule has 94 valence electrons. The summed E-state index contributed by atoms with van der Waals surface area (Å²) in [7, 11) is 0. The van der Waals surface area contributed by atoms with Crippen LogP contribution in [0.1, 0.15) is 32.4 Å². The average Bonchev–Trinajstić information content (AvgIpc) is 2.39. The largest absolute Gasteiger partial charge is 0.260 e. The van der Waals surface area contributed by atoms with E-state index in [0.29, 0.717) is 11.8 Å². The van der Waals surface area contributed by atoms with Crippen LogP contribution in [0.2, 0.25) is 0 Å². The van der Waals surface area contributed by atoms with E-state index in [1.54, 1.807) is 12.1 Å². The molecule has 1 atom stereocenters. The number of aromatic nitrogens is 1. The van der Waals surface area contributed by atoms with Crippen molar-refractivity contribution in [2.24, 2.45) is 5.92 Å². The monoisotopic (exact) mass is 243 g/mol. The number of nitrogens with zero attached hydrogens (tertiary/aromatic N) is 1. The minimum Gasteiger partial charge on any atom is -0.260 e. The Kier molecular flexibility index (Phi) is 3.75. The summed E-state index contributed by atoms with van der Waals surface area (Å²) in [6, 6.07) is 10.6. The third-order valence-corrected chi connectivity index (χ3v) is 3.43. The Morgan fingerprint density at radius 1 is 0.889 bits per heavy atom. The highest BCUT2D eigenvalue weighted by Crippen LogP contribution is 2.24. The normalized spacial score (nSPS) is 12.7. The molecule has 0 aliphatic heterocycles. The lowest BCUT2D eigenvalue weighted by molar-refractivity contribution is 0.524. The van der Waals surface area contributed by atoms with Gasteiger partial charge in [-0.15, -0.1) is 0 Å². The number of pyridine rings is 1. The second-order valence-corrected chi connectivity index (χ2v) is 5.01. The molecule has 0 bridgehead atoms. The van der Waals surface area contributed by atoms with E-state index in [0.717, 1.165) is 16.8 Å². The molecule has 0 N–H and O–H groups in total. The standard InChI is InChI=1S/C16H18FN/c1-11(2)12(3)16-9-6-14(10-18-16)13-4-7-15(17)8-5-13/h4-12H,1-3H3. The molecule has 0 aliphatic rings. The number of benzene rings is 1. The summed E-state index contributed by atoms with van der Waals surface area (Å²) in [6.45, 7) is 6.57. The molecule has 1 unspecified atom stereocenters. The van der Waals surface area contributed by atoms with Crippen LogP contribution in [-0.4, -0.2) is 4.98 Å². The molecule has 1 aromatic heterocycles. The van der Waals surface area contributed by atoms with Gasteiger partial charge in [-0.3, -0.25) is 4.98 Å². The number of hydrogen-bond acceptors (Lipinski definition) is 1. The van der Waals surface area contributed by atoms with Crippen molar-refractivity contribution in [3.05, 3.63) is 54.1 Å². The molecule has 1 aromatic carbocycles. The van der Waals surface area contributed by atoms with E-state index in [1.165, 1.54) is 12.1 Å². The molecule has 0 radical (unpaired) electrons. The third-order valence-electron chi connectivity index (χ3n) is 3.43. The van der Waals surface area contributed by atoms with Crippen molar-refractivity contribution < 1.29 is 4.39 Å². The van der Waals surface area contributed by atoms with E-state index in [2.05, 4.69) is 37.9 Å². The van der Waals surface area contributed by atoms with Crippen LogP contribution in [0.5, 0.6) is 0 Å². The fraction of sp³-hybridized carbons (Fsp3) is 0.312. The van der Waals surface area contributed by atoms with Gasteiger partial charge < -0.3 is 0 Å². The highest BCUT2D eigenvalue weighted by molar-refractivity contribution is 5.62. The lowest BCUT2D eigenvalue weighted by Crippen LogP contribution is -2.04. The fourth-order valence-corrected chi connectivity index (χ4v) is 1.83. The van der Waals surface area contributed by atoms with Crippen LogP contribution >= 0.6 is 0 Å². The van der Waals surface area contributed by atoms with Crippen molar-refractivity contribution >= 4 is 0 Å². The molecule has 0 amide bonds. The summed E-state index contributed by atoms with van der Waals surface area (Å²) < 4.78 is 12.8. The van der Waals surface area contributed by atoms with Gasteiger partial charge in [0.15, 0.2) is 0 Å². The summed E-state index contributed by atoms with van der Waals surface area (Å²) in [5, 5.41) is 0. The van der Waals surface area contributed by atoms with Gasteiger partial charge in [-0.05, 0) is 29.7 Å². The maximum atomic E-state index is 12.8. The van der Waals surface area contributed by atoms with Crippen LogP contribution in [-0.2, 0) is 0 Å². The van der Waals surface area contributed by atoms with Crippen molar-refractivity contribution in [3.63, 3.8) is 0 Å². The summed E-state index contributed by atoms with van der Waals surface area (Å²) in [5.74, 6) is 0.818. The van der Waals surface area contributed by atoms with Crippen LogP contribution in [0.4, 0.5) is 4.39 Å². The Morgan fingerprint density at radius 2 is 1.50 bits per heavy atom. The van der Waals surface area contributed by atoms with E-state index >= 15 is 0 Å². The van der Waals surface area contributed by atoms with Crippen LogP contribution < -0.4 is 0 Å². The molecule has 0 saturated heterocycles. The Balaban J connectivity index is 2.24. The van der Waals surface area contributed by atoms with Crippen LogP contribution in [0.25, 0.3) is 11.1 Å². The van der Waals surface area contributed by atoms with Crippen LogP contribution in [0.3, 0.4) is 0 Å². The molecule has 1 nitrogen and oxygen atoms in total.